The highest BCUT2D eigenvalue weighted by Crippen LogP contribution is 2.60. The molecule has 3 aliphatic rings. The second-order valence-electron chi connectivity index (χ2n) is 12.6. The average Bonchev–Trinajstić information content (AvgIpc) is 3.11. The lowest BCUT2D eigenvalue weighted by Crippen LogP contribution is -2.56. The van der Waals surface area contributed by atoms with E-state index < -0.39 is 42.0 Å². The second-order valence-corrected chi connectivity index (χ2v) is 12.6. The summed E-state index contributed by atoms with van der Waals surface area (Å²) in [5.41, 5.74) is -2.90. The molecule has 6 atom stereocenters. The fraction of sp³-hybridized carbons (Fsp3) is 0.857. The molecule has 214 valence electrons. The number of halogens is 6. The first-order valence-corrected chi connectivity index (χ1v) is 13.5. The summed E-state index contributed by atoms with van der Waals surface area (Å²) in [6, 6.07) is 0. The molecule has 3 fully saturated rings. The van der Waals surface area contributed by atoms with Gasteiger partial charge in [-0.3, -0.25) is 0 Å². The van der Waals surface area contributed by atoms with E-state index in [-0.39, 0.29) is 36.0 Å². The standard InChI is InChI=1S/C28H42F6O3/c1-17(7-5-14-26(37,27(29,30)31)28(32,33)34)21-11-12-22-18(8-6-13-25(21,22)4)9-10-19-15-20(35)16-23(36)24(19,2)3/h9-10,17,20-23,35-37H,5-8,11-16H2,1-4H3/b18-9+,19-10-/t17-,20+,21?,22-,23-,25+/m0/s1. The molecule has 3 rings (SSSR count). The Balaban J connectivity index is 1.71. The maximum atomic E-state index is 13.0. The van der Waals surface area contributed by atoms with Gasteiger partial charge in [-0.25, -0.2) is 0 Å². The van der Waals surface area contributed by atoms with E-state index in [0.717, 1.165) is 37.7 Å². The third-order valence-corrected chi connectivity index (χ3v) is 9.97. The lowest BCUT2D eigenvalue weighted by atomic mass is 9.60. The topological polar surface area (TPSA) is 60.7 Å². The van der Waals surface area contributed by atoms with E-state index >= 15 is 0 Å². The van der Waals surface area contributed by atoms with Crippen LogP contribution >= 0.6 is 0 Å². The van der Waals surface area contributed by atoms with Crippen LogP contribution in [0.1, 0.15) is 91.9 Å². The Bertz CT molecular complexity index is 860. The van der Waals surface area contributed by atoms with Crippen LogP contribution in [0.15, 0.2) is 23.3 Å². The van der Waals surface area contributed by atoms with Crippen LogP contribution in [0.25, 0.3) is 0 Å². The summed E-state index contributed by atoms with van der Waals surface area (Å²) >= 11 is 0. The summed E-state index contributed by atoms with van der Waals surface area (Å²) in [4.78, 5) is 0. The van der Waals surface area contributed by atoms with Crippen molar-refractivity contribution < 1.29 is 41.7 Å². The third-order valence-electron chi connectivity index (χ3n) is 9.97. The normalized spacial score (nSPS) is 36.1. The largest absolute Gasteiger partial charge is 0.426 e. The predicted molar refractivity (Wildman–Crippen MR) is 129 cm³/mol. The second kappa shape index (κ2) is 10.5. The zero-order valence-electron chi connectivity index (χ0n) is 22.2. The Morgan fingerprint density at radius 2 is 1.62 bits per heavy atom. The van der Waals surface area contributed by atoms with E-state index in [2.05, 4.69) is 13.0 Å². The first kappa shape index (κ1) is 30.5. The van der Waals surface area contributed by atoms with Crippen LogP contribution in [0.2, 0.25) is 0 Å². The number of rotatable bonds is 6. The van der Waals surface area contributed by atoms with Gasteiger partial charge < -0.3 is 15.3 Å². The van der Waals surface area contributed by atoms with Crippen molar-refractivity contribution in [2.24, 2.45) is 28.6 Å². The number of fused-ring (bicyclic) bond motifs is 1. The summed E-state index contributed by atoms with van der Waals surface area (Å²) < 4.78 is 78.2. The Labute approximate surface area is 216 Å². The summed E-state index contributed by atoms with van der Waals surface area (Å²) in [6.07, 6.45) is -4.63. The molecular weight excluding hydrogens is 498 g/mol. The van der Waals surface area contributed by atoms with Gasteiger partial charge in [0.1, 0.15) is 0 Å². The van der Waals surface area contributed by atoms with E-state index in [1.807, 2.05) is 26.8 Å². The van der Waals surface area contributed by atoms with Crippen LogP contribution in [0, 0.1) is 28.6 Å². The van der Waals surface area contributed by atoms with Crippen molar-refractivity contribution in [1.82, 2.24) is 0 Å². The van der Waals surface area contributed by atoms with Crippen molar-refractivity contribution in [3.05, 3.63) is 23.3 Å². The molecule has 0 amide bonds. The molecule has 0 bridgehead atoms. The van der Waals surface area contributed by atoms with Gasteiger partial charge in [0.15, 0.2) is 0 Å². The molecule has 0 aromatic rings. The maximum absolute atomic E-state index is 13.0. The van der Waals surface area contributed by atoms with E-state index in [1.54, 1.807) is 0 Å². The molecule has 37 heavy (non-hydrogen) atoms. The SMILES string of the molecule is C[C@@H](CCCC(O)(C(F)(F)F)C(F)(F)F)C1CC[C@H]2/C(=C/C=C3/C[C@@H](O)C[C@H](O)C3(C)C)CCC[C@]12C. The van der Waals surface area contributed by atoms with E-state index in [9.17, 15) is 41.7 Å². The van der Waals surface area contributed by atoms with Crippen molar-refractivity contribution >= 4 is 0 Å². The van der Waals surface area contributed by atoms with Crippen molar-refractivity contribution in [2.45, 2.75) is 122 Å². The minimum atomic E-state index is -5.77. The molecule has 3 aliphatic carbocycles. The van der Waals surface area contributed by atoms with Crippen LogP contribution in [0.5, 0.6) is 0 Å². The molecule has 0 heterocycles. The van der Waals surface area contributed by atoms with Gasteiger partial charge in [0.25, 0.3) is 5.60 Å². The molecule has 0 saturated heterocycles. The number of hydrogen-bond acceptors (Lipinski definition) is 3. The third kappa shape index (κ3) is 5.79. The van der Waals surface area contributed by atoms with Gasteiger partial charge in [0, 0.05) is 11.8 Å². The molecule has 0 aromatic heterocycles. The van der Waals surface area contributed by atoms with Crippen LogP contribution in [0.3, 0.4) is 0 Å². The highest BCUT2D eigenvalue weighted by Gasteiger charge is 2.69. The number of allylic oxidation sites excluding steroid dienone is 3. The quantitative estimate of drug-likeness (QED) is 0.311. The van der Waals surface area contributed by atoms with E-state index in [4.69, 9.17) is 0 Å². The summed E-state index contributed by atoms with van der Waals surface area (Å²) in [7, 11) is 0. The Morgan fingerprint density at radius 1 is 1.00 bits per heavy atom. The number of aliphatic hydroxyl groups is 3. The van der Waals surface area contributed by atoms with E-state index in [1.165, 1.54) is 5.57 Å². The van der Waals surface area contributed by atoms with Crippen molar-refractivity contribution in [1.29, 1.82) is 0 Å². The zero-order chi connectivity index (χ0) is 28.0. The van der Waals surface area contributed by atoms with Crippen LogP contribution in [-0.2, 0) is 0 Å². The molecular formula is C28H42F6O3. The summed E-state index contributed by atoms with van der Waals surface area (Å²) in [6.45, 7) is 8.06. The Morgan fingerprint density at radius 3 is 2.22 bits per heavy atom. The average molecular weight is 541 g/mol. The summed E-state index contributed by atoms with van der Waals surface area (Å²) in [5.74, 6) is 0.392. The molecule has 3 N–H and O–H groups in total. The number of aliphatic hydroxyl groups excluding tert-OH is 2. The molecule has 3 nitrogen and oxygen atoms in total. The van der Waals surface area contributed by atoms with Gasteiger partial charge in [-0.05, 0) is 74.5 Å². The molecule has 0 aliphatic heterocycles. The van der Waals surface area contributed by atoms with Gasteiger partial charge in [-0.15, -0.1) is 0 Å². The van der Waals surface area contributed by atoms with Crippen LogP contribution < -0.4 is 0 Å². The molecule has 0 aromatic carbocycles. The first-order valence-electron chi connectivity index (χ1n) is 13.5. The Kier molecular flexibility index (Phi) is 8.64. The Hall–Kier alpha value is -1.06. The van der Waals surface area contributed by atoms with Gasteiger partial charge >= 0.3 is 12.4 Å². The smallest absolute Gasteiger partial charge is 0.393 e. The maximum Gasteiger partial charge on any atom is 0.426 e. The van der Waals surface area contributed by atoms with Crippen LogP contribution in [0.4, 0.5) is 26.3 Å². The molecule has 3 saturated carbocycles. The minimum Gasteiger partial charge on any atom is -0.393 e. The van der Waals surface area contributed by atoms with Crippen molar-refractivity contribution in [3.8, 4) is 0 Å². The molecule has 1 unspecified atom stereocenters. The van der Waals surface area contributed by atoms with Gasteiger partial charge in [0.2, 0.25) is 0 Å². The number of alkyl halides is 6. The molecule has 0 radical (unpaired) electrons. The summed E-state index contributed by atoms with van der Waals surface area (Å²) in [5, 5.41) is 30.1. The highest BCUT2D eigenvalue weighted by atomic mass is 19.4. The molecule has 0 spiro atoms. The van der Waals surface area contributed by atoms with Crippen LogP contribution in [-0.4, -0.2) is 45.5 Å². The fourth-order valence-corrected chi connectivity index (χ4v) is 7.40. The first-order chi connectivity index (χ1) is 16.8. The molecule has 9 heteroatoms. The predicted octanol–water partition coefficient (Wildman–Crippen LogP) is 7.26. The number of hydrogen-bond donors (Lipinski definition) is 3. The van der Waals surface area contributed by atoms with Crippen molar-refractivity contribution in [2.75, 3.05) is 0 Å². The van der Waals surface area contributed by atoms with E-state index in [0.29, 0.717) is 12.8 Å². The minimum absolute atomic E-state index is 0.0685. The highest BCUT2D eigenvalue weighted by molar-refractivity contribution is 5.29. The zero-order valence-corrected chi connectivity index (χ0v) is 22.2. The van der Waals surface area contributed by atoms with Crippen molar-refractivity contribution in [3.63, 3.8) is 0 Å². The lowest BCUT2D eigenvalue weighted by Gasteiger charge is -2.44. The monoisotopic (exact) mass is 540 g/mol. The fourth-order valence-electron chi connectivity index (χ4n) is 7.40. The van der Waals surface area contributed by atoms with Gasteiger partial charge in [-0.1, -0.05) is 57.4 Å². The van der Waals surface area contributed by atoms with Gasteiger partial charge in [0.05, 0.1) is 12.2 Å². The lowest BCUT2D eigenvalue weighted by molar-refractivity contribution is -0.370. The van der Waals surface area contributed by atoms with Gasteiger partial charge in [-0.2, -0.15) is 26.3 Å².